The zero-order chi connectivity index (χ0) is 25.8. The molecular formula is C25H39N3O6S. The number of rotatable bonds is 7. The van der Waals surface area contributed by atoms with Crippen LogP contribution in [0.2, 0.25) is 0 Å². The van der Waals surface area contributed by atoms with Crippen molar-refractivity contribution in [2.75, 3.05) is 19.6 Å². The Bertz CT molecular complexity index is 999. The minimum Gasteiger partial charge on any atom is -0.459 e. The van der Waals surface area contributed by atoms with Gasteiger partial charge in [-0.1, -0.05) is 50.7 Å². The highest BCUT2D eigenvalue weighted by Gasteiger charge is 2.41. The highest BCUT2D eigenvalue weighted by Crippen LogP contribution is 2.32. The Morgan fingerprint density at radius 2 is 1.77 bits per heavy atom. The van der Waals surface area contributed by atoms with E-state index in [1.807, 2.05) is 20.8 Å². The second-order valence-corrected chi connectivity index (χ2v) is 12.7. The summed E-state index contributed by atoms with van der Waals surface area (Å²) in [4.78, 5) is 25.8. The van der Waals surface area contributed by atoms with E-state index in [9.17, 15) is 23.3 Å². The van der Waals surface area contributed by atoms with Gasteiger partial charge in [-0.15, -0.1) is 0 Å². The van der Waals surface area contributed by atoms with Crippen molar-refractivity contribution in [1.29, 1.82) is 0 Å². The van der Waals surface area contributed by atoms with E-state index in [-0.39, 0.29) is 17.4 Å². The smallest absolute Gasteiger partial charge is 0.323 e. The Labute approximate surface area is 209 Å². The maximum atomic E-state index is 13.4. The van der Waals surface area contributed by atoms with E-state index < -0.39 is 38.3 Å². The lowest BCUT2D eigenvalue weighted by atomic mass is 9.91. The topological polar surface area (TPSA) is 110 Å². The SMILES string of the molecule is C[C@H]1CN([C@@H](CC2CCCCCC2)C(=O)OC(C)(C)C)CCN1S(=O)(=O)c1ccccc1[N+](=O)[O-]. The summed E-state index contributed by atoms with van der Waals surface area (Å²) in [7, 11) is -4.07. The summed E-state index contributed by atoms with van der Waals surface area (Å²) in [5, 5.41) is 11.4. The third kappa shape index (κ3) is 7.01. The molecule has 2 aliphatic rings. The van der Waals surface area contributed by atoms with Crippen LogP contribution in [0.25, 0.3) is 0 Å². The van der Waals surface area contributed by atoms with Gasteiger partial charge in [-0.2, -0.15) is 4.31 Å². The zero-order valence-corrected chi connectivity index (χ0v) is 22.1. The fourth-order valence-electron chi connectivity index (χ4n) is 5.24. The molecule has 0 aromatic heterocycles. The number of carbonyl (C=O) groups is 1. The first-order valence-electron chi connectivity index (χ1n) is 12.6. The van der Waals surface area contributed by atoms with Crippen LogP contribution in [0.4, 0.5) is 5.69 Å². The van der Waals surface area contributed by atoms with Crippen LogP contribution < -0.4 is 0 Å². The van der Waals surface area contributed by atoms with Crippen molar-refractivity contribution in [2.24, 2.45) is 5.92 Å². The molecule has 1 aromatic carbocycles. The molecule has 0 amide bonds. The number of carbonyl (C=O) groups excluding carboxylic acids is 1. The second-order valence-electron chi connectivity index (χ2n) is 10.8. The van der Waals surface area contributed by atoms with Gasteiger partial charge in [-0.25, -0.2) is 8.42 Å². The number of benzene rings is 1. The number of hydrogen-bond acceptors (Lipinski definition) is 7. The van der Waals surface area contributed by atoms with Crippen LogP contribution in [-0.2, 0) is 19.6 Å². The molecule has 1 saturated carbocycles. The number of nitro benzene ring substituents is 1. The van der Waals surface area contributed by atoms with Crippen LogP contribution in [0.5, 0.6) is 0 Å². The molecule has 3 rings (SSSR count). The molecule has 10 heteroatoms. The number of piperazine rings is 1. The summed E-state index contributed by atoms with van der Waals surface area (Å²) in [5.74, 6) is 0.183. The summed E-state index contributed by atoms with van der Waals surface area (Å²) < 4.78 is 33.9. The molecule has 9 nitrogen and oxygen atoms in total. The van der Waals surface area contributed by atoms with Gasteiger partial charge >= 0.3 is 5.97 Å². The highest BCUT2D eigenvalue weighted by molar-refractivity contribution is 7.89. The molecule has 0 bridgehead atoms. The van der Waals surface area contributed by atoms with Crippen LogP contribution in [0.15, 0.2) is 29.2 Å². The largest absolute Gasteiger partial charge is 0.459 e. The number of nitrogens with zero attached hydrogens (tertiary/aromatic N) is 3. The van der Waals surface area contributed by atoms with Crippen molar-refractivity contribution in [3.05, 3.63) is 34.4 Å². The summed E-state index contributed by atoms with van der Waals surface area (Å²) in [5.41, 5.74) is -1.04. The van der Waals surface area contributed by atoms with E-state index >= 15 is 0 Å². The van der Waals surface area contributed by atoms with E-state index in [1.54, 1.807) is 6.92 Å². The Hall–Kier alpha value is -2.04. The van der Waals surface area contributed by atoms with Crippen LogP contribution in [0.3, 0.4) is 0 Å². The minimum atomic E-state index is -4.07. The molecule has 1 aliphatic carbocycles. The molecular weight excluding hydrogens is 470 g/mol. The average Bonchev–Trinajstić information content (AvgIpc) is 3.04. The maximum absolute atomic E-state index is 13.4. The maximum Gasteiger partial charge on any atom is 0.323 e. The van der Waals surface area contributed by atoms with E-state index in [0.29, 0.717) is 25.4 Å². The van der Waals surface area contributed by atoms with Gasteiger partial charge in [0.15, 0.2) is 4.90 Å². The van der Waals surface area contributed by atoms with Gasteiger partial charge in [0.2, 0.25) is 10.0 Å². The fourth-order valence-corrected chi connectivity index (χ4v) is 7.01. The van der Waals surface area contributed by atoms with Gasteiger partial charge in [0, 0.05) is 31.7 Å². The molecule has 2 atom stereocenters. The van der Waals surface area contributed by atoms with Gasteiger partial charge in [-0.3, -0.25) is 19.8 Å². The highest BCUT2D eigenvalue weighted by atomic mass is 32.2. The van der Waals surface area contributed by atoms with Gasteiger partial charge in [0.25, 0.3) is 5.69 Å². The third-order valence-corrected chi connectivity index (χ3v) is 8.96. The first-order valence-corrected chi connectivity index (χ1v) is 14.1. The predicted molar refractivity (Wildman–Crippen MR) is 133 cm³/mol. The third-order valence-electron chi connectivity index (χ3n) is 6.90. The Balaban J connectivity index is 1.80. The lowest BCUT2D eigenvalue weighted by Crippen LogP contribution is -2.58. The summed E-state index contributed by atoms with van der Waals surface area (Å²) in [6.07, 6.45) is 7.70. The Kier molecular flexibility index (Phi) is 8.93. The number of sulfonamides is 1. The molecule has 0 unspecified atom stereocenters. The molecule has 0 N–H and O–H groups in total. The molecule has 1 aromatic rings. The van der Waals surface area contributed by atoms with E-state index in [1.165, 1.54) is 54.3 Å². The number of esters is 1. The van der Waals surface area contributed by atoms with Crippen molar-refractivity contribution < 1.29 is 22.9 Å². The van der Waals surface area contributed by atoms with Crippen molar-refractivity contribution in [2.45, 2.75) is 95.2 Å². The van der Waals surface area contributed by atoms with Crippen molar-refractivity contribution in [3.63, 3.8) is 0 Å². The Morgan fingerprint density at radius 3 is 2.34 bits per heavy atom. The van der Waals surface area contributed by atoms with Gasteiger partial charge in [0.1, 0.15) is 11.6 Å². The van der Waals surface area contributed by atoms with Crippen LogP contribution in [-0.4, -0.2) is 65.8 Å². The van der Waals surface area contributed by atoms with E-state index in [0.717, 1.165) is 12.8 Å². The standard InChI is InChI=1S/C25H39N3O6S/c1-19-18-26(15-16-27(19)35(32,33)23-14-10-9-13-21(23)28(30)31)22(24(29)34-25(2,3)4)17-20-11-7-5-6-8-12-20/h9-10,13-14,19-20,22H,5-8,11-12,15-18H2,1-4H3/t19-,22-/m0/s1. The first-order chi connectivity index (χ1) is 16.4. The molecule has 1 saturated heterocycles. The fraction of sp³-hybridized carbons (Fsp3) is 0.720. The molecule has 196 valence electrons. The van der Waals surface area contributed by atoms with Gasteiger partial charge < -0.3 is 4.74 Å². The predicted octanol–water partition coefficient (Wildman–Crippen LogP) is 4.36. The molecule has 1 heterocycles. The molecule has 0 spiro atoms. The van der Waals surface area contributed by atoms with Gasteiger partial charge in [0.05, 0.1) is 4.92 Å². The number of nitro groups is 1. The summed E-state index contributed by atoms with van der Waals surface area (Å²) in [6.45, 7) is 8.22. The van der Waals surface area contributed by atoms with Crippen LogP contribution in [0, 0.1) is 16.0 Å². The first kappa shape index (κ1) is 27.5. The average molecular weight is 510 g/mol. The minimum absolute atomic E-state index is 0.152. The number of hydrogen-bond donors (Lipinski definition) is 0. The quantitative estimate of drug-likeness (QED) is 0.232. The summed E-state index contributed by atoms with van der Waals surface area (Å²) >= 11 is 0. The van der Waals surface area contributed by atoms with E-state index in [2.05, 4.69) is 4.90 Å². The van der Waals surface area contributed by atoms with Crippen molar-refractivity contribution in [1.82, 2.24) is 9.21 Å². The van der Waals surface area contributed by atoms with Crippen molar-refractivity contribution in [3.8, 4) is 0 Å². The van der Waals surface area contributed by atoms with Crippen LogP contribution >= 0.6 is 0 Å². The molecule has 1 aliphatic heterocycles. The normalized spacial score (nSPS) is 22.3. The number of para-hydroxylation sites is 1. The lowest BCUT2D eigenvalue weighted by molar-refractivity contribution is -0.387. The molecule has 2 fully saturated rings. The second kappa shape index (κ2) is 11.3. The summed E-state index contributed by atoms with van der Waals surface area (Å²) in [6, 6.07) is 4.55. The monoisotopic (exact) mass is 509 g/mol. The molecule has 35 heavy (non-hydrogen) atoms. The van der Waals surface area contributed by atoms with Crippen molar-refractivity contribution >= 4 is 21.7 Å². The zero-order valence-electron chi connectivity index (χ0n) is 21.3. The van der Waals surface area contributed by atoms with Gasteiger partial charge in [-0.05, 0) is 46.1 Å². The van der Waals surface area contributed by atoms with Crippen LogP contribution in [0.1, 0.15) is 72.6 Å². The Morgan fingerprint density at radius 1 is 1.14 bits per heavy atom. The van der Waals surface area contributed by atoms with E-state index in [4.69, 9.17) is 4.74 Å². The lowest BCUT2D eigenvalue weighted by Gasteiger charge is -2.42. The molecule has 0 radical (unpaired) electrons. The number of ether oxygens (including phenoxy) is 1.